The molecule has 1 heterocycles. The lowest BCUT2D eigenvalue weighted by atomic mass is 10.0. The van der Waals surface area contributed by atoms with Crippen LogP contribution in [-0.2, 0) is 0 Å². The van der Waals surface area contributed by atoms with Crippen molar-refractivity contribution in [1.82, 2.24) is 9.80 Å². The van der Waals surface area contributed by atoms with Crippen LogP contribution in [0.15, 0.2) is 48.5 Å². The third kappa shape index (κ3) is 5.14. The van der Waals surface area contributed by atoms with Gasteiger partial charge >= 0.3 is 0 Å². The predicted octanol–water partition coefficient (Wildman–Crippen LogP) is 4.41. The number of nitrogens with zero attached hydrogens (tertiary/aromatic N) is 2. The molecule has 3 rings (SSSR count). The first-order valence-electron chi connectivity index (χ1n) is 10.2. The van der Waals surface area contributed by atoms with E-state index in [0.29, 0.717) is 11.8 Å². The molecule has 4 heteroatoms. The molecule has 1 unspecified atom stereocenters. The van der Waals surface area contributed by atoms with Crippen LogP contribution in [0.5, 0.6) is 5.75 Å². The molecule has 2 aromatic carbocycles. The SMILES string of the molecule is COc1cccc(-c2ccc(C(=O)N(C)CC3CCN(CC(C)C)C3)cc2)c1. The zero-order chi connectivity index (χ0) is 20.1. The highest BCUT2D eigenvalue weighted by Gasteiger charge is 2.25. The number of methoxy groups -OCH3 is 1. The fraction of sp³-hybridized carbons (Fsp3) is 0.458. The second-order valence-electron chi connectivity index (χ2n) is 8.30. The molecule has 150 valence electrons. The van der Waals surface area contributed by atoms with Crippen LogP contribution in [0.4, 0.5) is 0 Å². The van der Waals surface area contributed by atoms with E-state index in [1.165, 1.54) is 6.42 Å². The summed E-state index contributed by atoms with van der Waals surface area (Å²) in [6.45, 7) is 8.76. The van der Waals surface area contributed by atoms with Crippen LogP contribution in [0, 0.1) is 11.8 Å². The maximum absolute atomic E-state index is 12.8. The Balaban J connectivity index is 1.59. The number of carbonyl (C=O) groups is 1. The molecule has 4 nitrogen and oxygen atoms in total. The van der Waals surface area contributed by atoms with E-state index in [2.05, 4.69) is 24.8 Å². The largest absolute Gasteiger partial charge is 0.497 e. The van der Waals surface area contributed by atoms with Gasteiger partial charge in [-0.1, -0.05) is 38.1 Å². The lowest BCUT2D eigenvalue weighted by Gasteiger charge is -2.22. The van der Waals surface area contributed by atoms with Gasteiger partial charge in [-0.3, -0.25) is 4.79 Å². The first kappa shape index (κ1) is 20.4. The molecule has 1 aliphatic heterocycles. The van der Waals surface area contributed by atoms with Gasteiger partial charge in [0.15, 0.2) is 0 Å². The smallest absolute Gasteiger partial charge is 0.253 e. The van der Waals surface area contributed by atoms with Crippen molar-refractivity contribution in [1.29, 1.82) is 0 Å². The second kappa shape index (κ2) is 9.24. The van der Waals surface area contributed by atoms with Crippen molar-refractivity contribution in [2.75, 3.05) is 40.3 Å². The van der Waals surface area contributed by atoms with Gasteiger partial charge in [0.1, 0.15) is 5.75 Å². The van der Waals surface area contributed by atoms with E-state index in [-0.39, 0.29) is 5.91 Å². The predicted molar refractivity (Wildman–Crippen MR) is 115 cm³/mol. The second-order valence-corrected chi connectivity index (χ2v) is 8.30. The van der Waals surface area contributed by atoms with Gasteiger partial charge in [-0.15, -0.1) is 0 Å². The molecule has 0 aliphatic carbocycles. The van der Waals surface area contributed by atoms with Gasteiger partial charge in [0.25, 0.3) is 5.91 Å². The Hall–Kier alpha value is -2.33. The summed E-state index contributed by atoms with van der Waals surface area (Å²) in [6, 6.07) is 15.8. The Morgan fingerprint density at radius 3 is 2.61 bits per heavy atom. The van der Waals surface area contributed by atoms with Crippen molar-refractivity contribution in [3.63, 3.8) is 0 Å². The zero-order valence-electron chi connectivity index (χ0n) is 17.5. The van der Waals surface area contributed by atoms with Crippen LogP contribution >= 0.6 is 0 Å². The van der Waals surface area contributed by atoms with Gasteiger partial charge in [-0.2, -0.15) is 0 Å². The number of hydrogen-bond acceptors (Lipinski definition) is 3. The van der Waals surface area contributed by atoms with Crippen LogP contribution in [-0.4, -0.2) is 56.0 Å². The minimum Gasteiger partial charge on any atom is -0.497 e. The molecule has 0 saturated carbocycles. The van der Waals surface area contributed by atoms with Crippen LogP contribution in [0.2, 0.25) is 0 Å². The molecule has 0 spiro atoms. The Bertz CT molecular complexity index is 785. The molecule has 1 amide bonds. The normalized spacial score (nSPS) is 17.1. The number of ether oxygens (including phenoxy) is 1. The van der Waals surface area contributed by atoms with E-state index in [4.69, 9.17) is 4.74 Å². The summed E-state index contributed by atoms with van der Waals surface area (Å²) in [6.07, 6.45) is 1.18. The van der Waals surface area contributed by atoms with Crippen molar-refractivity contribution in [2.24, 2.45) is 11.8 Å². The fourth-order valence-corrected chi connectivity index (χ4v) is 4.04. The summed E-state index contributed by atoms with van der Waals surface area (Å²) in [5, 5.41) is 0. The summed E-state index contributed by atoms with van der Waals surface area (Å²) in [4.78, 5) is 17.2. The number of hydrogen-bond donors (Lipinski definition) is 0. The van der Waals surface area contributed by atoms with E-state index < -0.39 is 0 Å². The molecule has 1 saturated heterocycles. The fourth-order valence-electron chi connectivity index (χ4n) is 4.04. The number of benzene rings is 2. The van der Waals surface area contributed by atoms with Crippen LogP contribution in [0.25, 0.3) is 11.1 Å². The van der Waals surface area contributed by atoms with Crippen LogP contribution < -0.4 is 4.74 Å². The number of carbonyl (C=O) groups excluding carboxylic acids is 1. The topological polar surface area (TPSA) is 32.8 Å². The van der Waals surface area contributed by atoms with E-state index in [0.717, 1.165) is 48.6 Å². The molecular weight excluding hydrogens is 348 g/mol. The third-order valence-corrected chi connectivity index (χ3v) is 5.41. The highest BCUT2D eigenvalue weighted by Crippen LogP contribution is 2.25. The highest BCUT2D eigenvalue weighted by atomic mass is 16.5. The molecular formula is C24H32N2O2. The molecule has 28 heavy (non-hydrogen) atoms. The van der Waals surface area contributed by atoms with Gasteiger partial charge in [0.05, 0.1) is 7.11 Å². The summed E-state index contributed by atoms with van der Waals surface area (Å²) in [7, 11) is 3.59. The first-order valence-corrected chi connectivity index (χ1v) is 10.2. The van der Waals surface area contributed by atoms with Crippen molar-refractivity contribution >= 4 is 5.91 Å². The minimum absolute atomic E-state index is 0.0968. The summed E-state index contributed by atoms with van der Waals surface area (Å²) in [5.41, 5.74) is 2.91. The Morgan fingerprint density at radius 1 is 1.18 bits per heavy atom. The average molecular weight is 381 g/mol. The molecule has 0 aromatic heterocycles. The Kier molecular flexibility index (Phi) is 6.74. The molecule has 0 bridgehead atoms. The minimum atomic E-state index is 0.0968. The van der Waals surface area contributed by atoms with E-state index >= 15 is 0 Å². The lowest BCUT2D eigenvalue weighted by molar-refractivity contribution is 0.0773. The molecule has 2 aromatic rings. The number of rotatable bonds is 7. The van der Waals surface area contributed by atoms with E-state index in [9.17, 15) is 4.79 Å². The van der Waals surface area contributed by atoms with E-state index in [1.807, 2.05) is 54.4 Å². The van der Waals surface area contributed by atoms with Crippen molar-refractivity contribution < 1.29 is 9.53 Å². The Labute approximate surface area is 169 Å². The van der Waals surface area contributed by atoms with E-state index in [1.54, 1.807) is 7.11 Å². The molecule has 1 fully saturated rings. The number of likely N-dealkylation sites (tertiary alicyclic amines) is 1. The monoisotopic (exact) mass is 380 g/mol. The molecule has 0 N–H and O–H groups in total. The standard InChI is InChI=1S/C24H32N2O2/c1-18(2)15-26-13-12-19(17-26)16-25(3)24(27)21-10-8-20(9-11-21)22-6-5-7-23(14-22)28-4/h5-11,14,18-19H,12-13,15-17H2,1-4H3. The van der Waals surface area contributed by atoms with Gasteiger partial charge in [0.2, 0.25) is 0 Å². The summed E-state index contributed by atoms with van der Waals surface area (Å²) >= 11 is 0. The van der Waals surface area contributed by atoms with Crippen molar-refractivity contribution in [2.45, 2.75) is 20.3 Å². The maximum atomic E-state index is 12.8. The highest BCUT2D eigenvalue weighted by molar-refractivity contribution is 5.94. The average Bonchev–Trinajstić information content (AvgIpc) is 3.13. The first-order chi connectivity index (χ1) is 13.5. The molecule has 1 atom stereocenters. The zero-order valence-corrected chi connectivity index (χ0v) is 17.5. The molecule has 0 radical (unpaired) electrons. The molecule has 1 aliphatic rings. The Morgan fingerprint density at radius 2 is 1.93 bits per heavy atom. The van der Waals surface area contributed by atoms with Gasteiger partial charge in [0, 0.05) is 32.2 Å². The number of amides is 1. The summed E-state index contributed by atoms with van der Waals surface area (Å²) < 4.78 is 5.30. The van der Waals surface area contributed by atoms with Gasteiger partial charge in [-0.05, 0) is 60.2 Å². The quantitative estimate of drug-likeness (QED) is 0.713. The van der Waals surface area contributed by atoms with Gasteiger partial charge < -0.3 is 14.5 Å². The van der Waals surface area contributed by atoms with Gasteiger partial charge in [-0.25, -0.2) is 0 Å². The van der Waals surface area contributed by atoms with Crippen LogP contribution in [0.1, 0.15) is 30.6 Å². The third-order valence-electron chi connectivity index (χ3n) is 5.41. The van der Waals surface area contributed by atoms with Crippen LogP contribution in [0.3, 0.4) is 0 Å². The summed E-state index contributed by atoms with van der Waals surface area (Å²) in [5.74, 6) is 2.20. The lowest BCUT2D eigenvalue weighted by Crippen LogP contribution is -2.33. The van der Waals surface area contributed by atoms with Crippen molar-refractivity contribution in [3.8, 4) is 16.9 Å². The maximum Gasteiger partial charge on any atom is 0.253 e. The van der Waals surface area contributed by atoms with Crippen molar-refractivity contribution in [3.05, 3.63) is 54.1 Å².